The number of ether oxygens (including phenoxy) is 3. The van der Waals surface area contributed by atoms with Crippen LogP contribution in [0.3, 0.4) is 0 Å². The first kappa shape index (κ1) is 16.6. The van der Waals surface area contributed by atoms with Gasteiger partial charge < -0.3 is 14.2 Å². The third-order valence-electron chi connectivity index (χ3n) is 3.66. The Balaban J connectivity index is 1.73. The average molecular weight is 349 g/mol. The van der Waals surface area contributed by atoms with Gasteiger partial charge in [0.1, 0.15) is 5.75 Å². The highest BCUT2D eigenvalue weighted by atomic mass is 32.2. The van der Waals surface area contributed by atoms with Gasteiger partial charge >= 0.3 is 0 Å². The molecule has 0 fully saturated rings. The molecule has 2 aromatic carbocycles. The van der Waals surface area contributed by atoms with Crippen molar-refractivity contribution in [1.82, 2.24) is 4.72 Å². The van der Waals surface area contributed by atoms with Crippen molar-refractivity contribution in [3.8, 4) is 17.2 Å². The molecule has 0 bridgehead atoms. The van der Waals surface area contributed by atoms with Crippen molar-refractivity contribution in [3.05, 3.63) is 47.5 Å². The zero-order valence-corrected chi connectivity index (χ0v) is 14.4. The van der Waals surface area contributed by atoms with Crippen molar-refractivity contribution in [2.24, 2.45) is 0 Å². The number of hydrogen-bond acceptors (Lipinski definition) is 5. The summed E-state index contributed by atoms with van der Waals surface area (Å²) in [6.07, 6.45) is 0. The van der Waals surface area contributed by atoms with Crippen LogP contribution in [-0.2, 0) is 16.6 Å². The lowest BCUT2D eigenvalue weighted by molar-refractivity contribution is 0.174. The average Bonchev–Trinajstić information content (AvgIpc) is 3.02. The normalized spacial score (nSPS) is 13.1. The molecule has 24 heavy (non-hydrogen) atoms. The third-order valence-corrected chi connectivity index (χ3v) is 5.06. The van der Waals surface area contributed by atoms with E-state index in [-0.39, 0.29) is 18.2 Å². The maximum atomic E-state index is 12.5. The van der Waals surface area contributed by atoms with Gasteiger partial charge in [0.2, 0.25) is 16.8 Å². The first-order chi connectivity index (χ1) is 11.5. The molecule has 2 aromatic rings. The van der Waals surface area contributed by atoms with Crippen LogP contribution in [0.2, 0.25) is 0 Å². The second-order valence-electron chi connectivity index (χ2n) is 5.37. The lowest BCUT2D eigenvalue weighted by atomic mass is 10.2. The monoisotopic (exact) mass is 349 g/mol. The Morgan fingerprint density at radius 3 is 2.67 bits per heavy atom. The molecular weight excluding hydrogens is 330 g/mol. The summed E-state index contributed by atoms with van der Waals surface area (Å²) in [5.74, 6) is 1.99. The Bertz CT molecular complexity index is 848. The molecule has 1 aliphatic heterocycles. The van der Waals surface area contributed by atoms with Crippen molar-refractivity contribution in [3.63, 3.8) is 0 Å². The van der Waals surface area contributed by atoms with Gasteiger partial charge in [-0.25, -0.2) is 13.1 Å². The van der Waals surface area contributed by atoms with Crippen LogP contribution >= 0.6 is 0 Å². The summed E-state index contributed by atoms with van der Waals surface area (Å²) in [4.78, 5) is 0.212. The van der Waals surface area contributed by atoms with Gasteiger partial charge in [-0.1, -0.05) is 6.07 Å². The number of nitrogens with one attached hydrogen (secondary N) is 1. The van der Waals surface area contributed by atoms with Gasteiger partial charge in [0.15, 0.2) is 11.5 Å². The van der Waals surface area contributed by atoms with E-state index in [1.54, 1.807) is 36.4 Å². The first-order valence-electron chi connectivity index (χ1n) is 7.61. The molecule has 0 aliphatic carbocycles. The maximum Gasteiger partial charge on any atom is 0.240 e. The molecule has 3 rings (SSSR count). The third kappa shape index (κ3) is 3.47. The van der Waals surface area contributed by atoms with Crippen LogP contribution in [0.1, 0.15) is 18.1 Å². The molecule has 0 aromatic heterocycles. The second-order valence-corrected chi connectivity index (χ2v) is 7.14. The molecule has 0 amide bonds. The van der Waals surface area contributed by atoms with Gasteiger partial charge in [-0.3, -0.25) is 0 Å². The number of sulfonamides is 1. The van der Waals surface area contributed by atoms with Gasteiger partial charge in [0.05, 0.1) is 11.5 Å². The molecule has 1 N–H and O–H groups in total. The van der Waals surface area contributed by atoms with Crippen LogP contribution in [0.15, 0.2) is 41.3 Å². The van der Waals surface area contributed by atoms with Crippen LogP contribution in [0.4, 0.5) is 0 Å². The molecule has 7 heteroatoms. The molecule has 0 saturated heterocycles. The van der Waals surface area contributed by atoms with Crippen LogP contribution in [0.5, 0.6) is 17.2 Å². The smallest absolute Gasteiger partial charge is 0.240 e. The molecule has 0 atom stereocenters. The fourth-order valence-electron chi connectivity index (χ4n) is 2.42. The fraction of sp³-hybridized carbons (Fsp3) is 0.294. The summed E-state index contributed by atoms with van der Waals surface area (Å²) >= 11 is 0. The van der Waals surface area contributed by atoms with E-state index >= 15 is 0 Å². The molecule has 0 saturated carbocycles. The second kappa shape index (κ2) is 6.70. The Morgan fingerprint density at radius 1 is 1.12 bits per heavy atom. The standard InChI is InChI=1S/C17H19NO5S/c1-3-21-15-7-5-14(8-12(15)2)24(19,20)18-10-13-4-6-16-17(9-13)23-11-22-16/h4-9,18H,3,10-11H2,1-2H3. The number of benzene rings is 2. The molecule has 0 unspecified atom stereocenters. The van der Waals surface area contributed by atoms with E-state index in [1.807, 2.05) is 13.8 Å². The van der Waals surface area contributed by atoms with E-state index in [1.165, 1.54) is 0 Å². The highest BCUT2D eigenvalue weighted by Gasteiger charge is 2.17. The summed E-state index contributed by atoms with van der Waals surface area (Å²) in [6, 6.07) is 10.2. The molecule has 6 nitrogen and oxygen atoms in total. The molecule has 1 heterocycles. The minimum Gasteiger partial charge on any atom is -0.494 e. The lowest BCUT2D eigenvalue weighted by Gasteiger charge is -2.11. The van der Waals surface area contributed by atoms with Crippen LogP contribution in [-0.4, -0.2) is 21.8 Å². The summed E-state index contributed by atoms with van der Waals surface area (Å²) in [5, 5.41) is 0. The predicted molar refractivity (Wildman–Crippen MR) is 88.9 cm³/mol. The summed E-state index contributed by atoms with van der Waals surface area (Å²) in [6.45, 7) is 4.61. The van der Waals surface area contributed by atoms with E-state index < -0.39 is 10.0 Å². The highest BCUT2D eigenvalue weighted by Crippen LogP contribution is 2.32. The minimum absolute atomic E-state index is 0.172. The summed E-state index contributed by atoms with van der Waals surface area (Å²) in [7, 11) is -3.60. The van der Waals surface area contributed by atoms with E-state index in [9.17, 15) is 8.42 Å². The number of hydrogen-bond donors (Lipinski definition) is 1. The Morgan fingerprint density at radius 2 is 1.92 bits per heavy atom. The Labute approximate surface area is 141 Å². The lowest BCUT2D eigenvalue weighted by Crippen LogP contribution is -2.23. The van der Waals surface area contributed by atoms with Gasteiger partial charge in [-0.2, -0.15) is 0 Å². The molecule has 0 radical (unpaired) electrons. The number of rotatable bonds is 6. The molecule has 0 spiro atoms. The van der Waals surface area contributed by atoms with Crippen molar-refractivity contribution in [2.75, 3.05) is 13.4 Å². The van der Waals surface area contributed by atoms with E-state index in [2.05, 4.69) is 4.72 Å². The van der Waals surface area contributed by atoms with Crippen molar-refractivity contribution >= 4 is 10.0 Å². The predicted octanol–water partition coefficient (Wildman–Crippen LogP) is 2.60. The highest BCUT2D eigenvalue weighted by molar-refractivity contribution is 7.89. The van der Waals surface area contributed by atoms with E-state index in [0.29, 0.717) is 23.9 Å². The topological polar surface area (TPSA) is 73.9 Å². The zero-order valence-electron chi connectivity index (χ0n) is 13.5. The number of aryl methyl sites for hydroxylation is 1. The zero-order chi connectivity index (χ0) is 17.2. The maximum absolute atomic E-state index is 12.5. The van der Waals surface area contributed by atoms with Crippen molar-refractivity contribution in [1.29, 1.82) is 0 Å². The van der Waals surface area contributed by atoms with E-state index in [0.717, 1.165) is 11.1 Å². The van der Waals surface area contributed by atoms with Crippen LogP contribution < -0.4 is 18.9 Å². The van der Waals surface area contributed by atoms with Crippen LogP contribution in [0, 0.1) is 6.92 Å². The Kier molecular flexibility index (Phi) is 4.64. The van der Waals surface area contributed by atoms with Crippen LogP contribution in [0.25, 0.3) is 0 Å². The molecular formula is C17H19NO5S. The van der Waals surface area contributed by atoms with E-state index in [4.69, 9.17) is 14.2 Å². The molecule has 1 aliphatic rings. The minimum atomic E-state index is -3.60. The molecule has 128 valence electrons. The van der Waals surface area contributed by atoms with Gasteiger partial charge in [-0.05, 0) is 55.3 Å². The SMILES string of the molecule is CCOc1ccc(S(=O)(=O)NCc2ccc3c(c2)OCO3)cc1C. The number of fused-ring (bicyclic) bond motifs is 1. The van der Waals surface area contributed by atoms with Gasteiger partial charge in [0, 0.05) is 6.54 Å². The Hall–Kier alpha value is -2.25. The largest absolute Gasteiger partial charge is 0.494 e. The summed E-state index contributed by atoms with van der Waals surface area (Å²) in [5.41, 5.74) is 1.58. The first-order valence-corrected chi connectivity index (χ1v) is 9.09. The quantitative estimate of drug-likeness (QED) is 0.868. The van der Waals surface area contributed by atoms with Crippen molar-refractivity contribution in [2.45, 2.75) is 25.3 Å². The van der Waals surface area contributed by atoms with Gasteiger partial charge in [-0.15, -0.1) is 0 Å². The van der Waals surface area contributed by atoms with Gasteiger partial charge in [0.25, 0.3) is 0 Å². The van der Waals surface area contributed by atoms with Crippen molar-refractivity contribution < 1.29 is 22.6 Å². The summed E-state index contributed by atoms with van der Waals surface area (Å²) < 4.78 is 43.5. The fourth-order valence-corrected chi connectivity index (χ4v) is 3.52.